The van der Waals surface area contributed by atoms with Crippen molar-refractivity contribution in [3.63, 3.8) is 0 Å². The van der Waals surface area contributed by atoms with Crippen molar-refractivity contribution in [3.8, 4) is 0 Å². The summed E-state index contributed by atoms with van der Waals surface area (Å²) in [6.07, 6.45) is 2.84. The Bertz CT molecular complexity index is 650. The maximum Gasteiger partial charge on any atom is 0.243 e. The summed E-state index contributed by atoms with van der Waals surface area (Å²) in [6, 6.07) is 4.25. The van der Waals surface area contributed by atoms with Crippen LogP contribution in [0.1, 0.15) is 31.7 Å². The number of rotatable bonds is 4. The van der Waals surface area contributed by atoms with Gasteiger partial charge in [-0.2, -0.15) is 4.31 Å². The Morgan fingerprint density at radius 3 is 2.50 bits per heavy atom. The summed E-state index contributed by atoms with van der Waals surface area (Å²) in [5.41, 5.74) is 6.63. The fraction of sp³-hybridized carbons (Fsp3) is 0.533. The molecule has 1 aliphatic rings. The molecule has 3 N–H and O–H groups in total. The van der Waals surface area contributed by atoms with E-state index in [0.717, 1.165) is 19.3 Å². The van der Waals surface area contributed by atoms with Gasteiger partial charge in [0.15, 0.2) is 0 Å². The normalized spacial score (nSPS) is 18.0. The molecule has 1 heterocycles. The first-order valence-electron chi connectivity index (χ1n) is 7.49. The number of hydrogen-bond donors (Lipinski definition) is 2. The molecule has 0 bridgehead atoms. The Labute approximate surface area is 131 Å². The second kappa shape index (κ2) is 6.76. The van der Waals surface area contributed by atoms with Crippen molar-refractivity contribution in [2.45, 2.75) is 44.0 Å². The van der Waals surface area contributed by atoms with Crippen LogP contribution in [0.25, 0.3) is 0 Å². The van der Waals surface area contributed by atoms with E-state index < -0.39 is 16.1 Å². The molecule has 6 nitrogen and oxygen atoms in total. The van der Waals surface area contributed by atoms with Gasteiger partial charge in [0.2, 0.25) is 15.9 Å². The Morgan fingerprint density at radius 2 is 1.91 bits per heavy atom. The van der Waals surface area contributed by atoms with Crippen LogP contribution in [-0.2, 0) is 14.8 Å². The number of carbonyl (C=O) groups is 1. The van der Waals surface area contributed by atoms with Gasteiger partial charge in [-0.05, 0) is 44.4 Å². The highest BCUT2D eigenvalue weighted by molar-refractivity contribution is 7.89. The van der Waals surface area contributed by atoms with E-state index in [1.54, 1.807) is 26.0 Å². The first-order chi connectivity index (χ1) is 10.3. The van der Waals surface area contributed by atoms with Crippen LogP contribution < -0.4 is 11.1 Å². The summed E-state index contributed by atoms with van der Waals surface area (Å²) in [7, 11) is -3.52. The van der Waals surface area contributed by atoms with Crippen LogP contribution in [0, 0.1) is 6.92 Å². The Kier molecular flexibility index (Phi) is 5.20. The molecule has 1 aliphatic heterocycles. The molecule has 22 heavy (non-hydrogen) atoms. The van der Waals surface area contributed by atoms with Crippen molar-refractivity contribution in [3.05, 3.63) is 23.8 Å². The number of sulfonamides is 1. The number of anilines is 1. The van der Waals surface area contributed by atoms with Crippen LogP contribution in [-0.4, -0.2) is 37.8 Å². The number of benzene rings is 1. The topological polar surface area (TPSA) is 92.5 Å². The van der Waals surface area contributed by atoms with E-state index in [1.165, 1.54) is 10.4 Å². The van der Waals surface area contributed by atoms with E-state index in [1.807, 2.05) is 0 Å². The van der Waals surface area contributed by atoms with Crippen LogP contribution in [0.4, 0.5) is 5.69 Å². The number of hydrogen-bond acceptors (Lipinski definition) is 4. The van der Waals surface area contributed by atoms with Gasteiger partial charge in [0, 0.05) is 18.8 Å². The molecule has 0 spiro atoms. The van der Waals surface area contributed by atoms with Crippen LogP contribution in [0.5, 0.6) is 0 Å². The van der Waals surface area contributed by atoms with Gasteiger partial charge in [0.25, 0.3) is 0 Å². The lowest BCUT2D eigenvalue weighted by atomic mass is 10.2. The molecular weight excluding hydrogens is 302 g/mol. The number of piperidine rings is 1. The van der Waals surface area contributed by atoms with Gasteiger partial charge in [0.1, 0.15) is 0 Å². The molecule has 0 saturated carbocycles. The lowest BCUT2D eigenvalue weighted by Gasteiger charge is -2.26. The van der Waals surface area contributed by atoms with Crippen LogP contribution in [0.3, 0.4) is 0 Å². The van der Waals surface area contributed by atoms with Crippen molar-refractivity contribution in [2.75, 3.05) is 18.4 Å². The fourth-order valence-corrected chi connectivity index (χ4v) is 4.22. The third kappa shape index (κ3) is 3.66. The largest absolute Gasteiger partial charge is 0.325 e. The summed E-state index contributed by atoms with van der Waals surface area (Å²) < 4.78 is 27.1. The second-order valence-electron chi connectivity index (χ2n) is 5.72. The van der Waals surface area contributed by atoms with E-state index in [-0.39, 0.29) is 10.8 Å². The first-order valence-corrected chi connectivity index (χ1v) is 8.93. The standard InChI is InChI=1S/C15H23N3O3S/c1-11-6-7-13(17-15(19)12(2)16)10-14(11)22(20,21)18-8-4-3-5-9-18/h6-7,10,12H,3-5,8-9,16H2,1-2H3,(H,17,19)/t12-/m0/s1. The van der Waals surface area contributed by atoms with E-state index in [9.17, 15) is 13.2 Å². The molecule has 1 saturated heterocycles. The van der Waals surface area contributed by atoms with Crippen LogP contribution in [0.15, 0.2) is 23.1 Å². The third-order valence-electron chi connectivity index (χ3n) is 3.80. The number of carbonyl (C=O) groups excluding carboxylic acids is 1. The summed E-state index contributed by atoms with van der Waals surface area (Å²) in [5, 5.41) is 2.64. The minimum absolute atomic E-state index is 0.247. The zero-order valence-corrected chi connectivity index (χ0v) is 13.8. The molecule has 2 rings (SSSR count). The van der Waals surface area contributed by atoms with Gasteiger partial charge in [-0.25, -0.2) is 8.42 Å². The third-order valence-corrected chi connectivity index (χ3v) is 5.84. The number of amides is 1. The lowest BCUT2D eigenvalue weighted by molar-refractivity contribution is -0.117. The molecule has 1 amide bonds. The summed E-state index contributed by atoms with van der Waals surface area (Å²) in [6.45, 7) is 4.44. The number of nitrogens with one attached hydrogen (secondary N) is 1. The molecule has 122 valence electrons. The van der Waals surface area contributed by atoms with E-state index in [4.69, 9.17) is 5.73 Å². The molecule has 1 aromatic carbocycles. The molecule has 0 radical (unpaired) electrons. The Morgan fingerprint density at radius 1 is 1.27 bits per heavy atom. The minimum Gasteiger partial charge on any atom is -0.325 e. The predicted molar refractivity (Wildman–Crippen MR) is 86.1 cm³/mol. The lowest BCUT2D eigenvalue weighted by Crippen LogP contribution is -2.36. The van der Waals surface area contributed by atoms with Gasteiger partial charge >= 0.3 is 0 Å². The van der Waals surface area contributed by atoms with Crippen LogP contribution >= 0.6 is 0 Å². The molecule has 1 atom stereocenters. The highest BCUT2D eigenvalue weighted by Gasteiger charge is 2.27. The van der Waals surface area contributed by atoms with E-state index in [0.29, 0.717) is 24.3 Å². The fourth-order valence-electron chi connectivity index (χ4n) is 2.46. The monoisotopic (exact) mass is 325 g/mol. The van der Waals surface area contributed by atoms with Crippen molar-refractivity contribution in [1.82, 2.24) is 4.31 Å². The van der Waals surface area contributed by atoms with Gasteiger partial charge < -0.3 is 11.1 Å². The number of nitrogens with two attached hydrogens (primary N) is 1. The smallest absolute Gasteiger partial charge is 0.243 e. The van der Waals surface area contributed by atoms with Crippen molar-refractivity contribution < 1.29 is 13.2 Å². The van der Waals surface area contributed by atoms with Gasteiger partial charge in [-0.3, -0.25) is 4.79 Å². The van der Waals surface area contributed by atoms with Gasteiger partial charge in [-0.1, -0.05) is 12.5 Å². The van der Waals surface area contributed by atoms with Crippen LogP contribution in [0.2, 0.25) is 0 Å². The van der Waals surface area contributed by atoms with Gasteiger partial charge in [-0.15, -0.1) is 0 Å². The Hall–Kier alpha value is -1.44. The van der Waals surface area contributed by atoms with Crippen molar-refractivity contribution in [1.29, 1.82) is 0 Å². The highest BCUT2D eigenvalue weighted by Crippen LogP contribution is 2.26. The molecule has 1 fully saturated rings. The Balaban J connectivity index is 2.31. The molecule has 1 aromatic rings. The predicted octanol–water partition coefficient (Wildman–Crippen LogP) is 1.46. The van der Waals surface area contributed by atoms with E-state index >= 15 is 0 Å². The zero-order valence-electron chi connectivity index (χ0n) is 13.0. The van der Waals surface area contributed by atoms with Gasteiger partial charge in [0.05, 0.1) is 10.9 Å². The number of aryl methyl sites for hydroxylation is 1. The molecule has 0 aliphatic carbocycles. The SMILES string of the molecule is Cc1ccc(NC(=O)[C@H](C)N)cc1S(=O)(=O)N1CCCCC1. The average Bonchev–Trinajstić information content (AvgIpc) is 2.49. The maximum atomic E-state index is 12.8. The molecular formula is C15H23N3O3S. The minimum atomic E-state index is -3.52. The van der Waals surface area contributed by atoms with Crippen molar-refractivity contribution in [2.24, 2.45) is 5.73 Å². The summed E-state index contributed by atoms with van der Waals surface area (Å²) in [4.78, 5) is 11.9. The average molecular weight is 325 g/mol. The van der Waals surface area contributed by atoms with Crippen molar-refractivity contribution >= 4 is 21.6 Å². The molecule has 0 unspecified atom stereocenters. The van der Waals surface area contributed by atoms with E-state index in [2.05, 4.69) is 5.32 Å². The maximum absolute atomic E-state index is 12.8. The highest BCUT2D eigenvalue weighted by atomic mass is 32.2. The summed E-state index contributed by atoms with van der Waals surface area (Å²) in [5.74, 6) is -0.342. The zero-order chi connectivity index (χ0) is 16.3. The number of nitrogens with zero attached hydrogens (tertiary/aromatic N) is 1. The molecule has 0 aromatic heterocycles. The summed E-state index contributed by atoms with van der Waals surface area (Å²) >= 11 is 0. The first kappa shape index (κ1) is 16.9. The molecule has 7 heteroatoms. The quantitative estimate of drug-likeness (QED) is 0.876. The second-order valence-corrected chi connectivity index (χ2v) is 7.63.